The monoisotopic (exact) mass is 666 g/mol. The Balaban J connectivity index is 0.00000480. The molecule has 2 aromatic carbocycles. The van der Waals surface area contributed by atoms with Gasteiger partial charge in [-0.25, -0.2) is 32.5 Å². The Morgan fingerprint density at radius 2 is 1.72 bits per heavy atom. The minimum atomic E-state index is -1.40. The molecule has 0 radical (unpaired) electrons. The van der Waals surface area contributed by atoms with Crippen LogP contribution in [0.15, 0.2) is 47.7 Å². The number of nitrogens with one attached hydrogen (secondary N) is 2. The number of likely N-dealkylation sites (tertiary alicyclic amines) is 1. The molecule has 2 N–H and O–H groups in total. The molecule has 2 heterocycles. The van der Waals surface area contributed by atoms with Crippen molar-refractivity contribution >= 4 is 30.4 Å². The van der Waals surface area contributed by atoms with Crippen molar-refractivity contribution < 1.29 is 41.8 Å². The van der Waals surface area contributed by atoms with E-state index in [1.807, 2.05) is 0 Å². The van der Waals surface area contributed by atoms with Gasteiger partial charge in [-0.05, 0) is 67.3 Å². The smallest absolute Gasteiger partial charge is 0.338 e. The number of imide groups is 1. The fraction of sp³-hybridized carbons (Fsp3) is 0.469. The van der Waals surface area contributed by atoms with Gasteiger partial charge in [0, 0.05) is 38.3 Å². The molecule has 1 saturated heterocycles. The van der Waals surface area contributed by atoms with Crippen LogP contribution in [-0.2, 0) is 14.3 Å². The Hall–Kier alpha value is -3.81. The number of halogens is 4. The molecule has 0 spiro atoms. The van der Waals surface area contributed by atoms with Crippen molar-refractivity contribution in [3.05, 3.63) is 76.2 Å². The fourth-order valence-corrected chi connectivity index (χ4v) is 6.73. The summed E-state index contributed by atoms with van der Waals surface area (Å²) < 4.78 is 57.4. The highest BCUT2D eigenvalue weighted by Crippen LogP contribution is 2.40. The first-order valence-electron chi connectivity index (χ1n) is 14.9. The molecule has 0 aromatic heterocycles. The third-order valence-corrected chi connectivity index (χ3v) is 8.90. The molecule has 2 aliphatic heterocycles. The lowest BCUT2D eigenvalue weighted by Crippen LogP contribution is -2.56. The SMILES string of the molecule is COCC1=C(C(=O)OC)[C@H](c2ccc(F)c(F)c2)N(C(=O)N[C@@H]2CCN([C@H]3CC[C@H](c4ccc(F)cc4OC)CC3)C2)C(=O)N1.Cl. The third-order valence-electron chi connectivity index (χ3n) is 8.90. The summed E-state index contributed by atoms with van der Waals surface area (Å²) in [6.07, 6.45) is 4.31. The van der Waals surface area contributed by atoms with Crippen molar-refractivity contribution in [1.29, 1.82) is 0 Å². The molecule has 250 valence electrons. The van der Waals surface area contributed by atoms with Crippen molar-refractivity contribution in [2.45, 2.75) is 56.1 Å². The van der Waals surface area contributed by atoms with E-state index < -0.39 is 35.7 Å². The highest BCUT2D eigenvalue weighted by atomic mass is 35.5. The number of methoxy groups -OCH3 is 3. The zero-order valence-corrected chi connectivity index (χ0v) is 26.6. The van der Waals surface area contributed by atoms with Crippen LogP contribution >= 0.6 is 12.4 Å². The van der Waals surface area contributed by atoms with Gasteiger partial charge in [-0.1, -0.05) is 12.1 Å². The average Bonchev–Trinajstić information content (AvgIpc) is 3.50. The first kappa shape index (κ1) is 35.1. The molecule has 0 bridgehead atoms. The molecule has 3 aliphatic rings. The van der Waals surface area contributed by atoms with E-state index in [9.17, 15) is 27.6 Å². The highest BCUT2D eigenvalue weighted by molar-refractivity contribution is 6.01. The molecule has 1 aliphatic carbocycles. The quantitative estimate of drug-likeness (QED) is 0.374. The predicted octanol–water partition coefficient (Wildman–Crippen LogP) is 5.18. The Morgan fingerprint density at radius 3 is 2.37 bits per heavy atom. The van der Waals surface area contributed by atoms with Crippen LogP contribution in [0.1, 0.15) is 55.2 Å². The topological polar surface area (TPSA) is 109 Å². The second-order valence-electron chi connectivity index (χ2n) is 11.5. The molecule has 5 rings (SSSR count). The summed E-state index contributed by atoms with van der Waals surface area (Å²) in [6.45, 7) is 1.10. The molecule has 0 unspecified atom stereocenters. The number of amides is 4. The average molecular weight is 667 g/mol. The van der Waals surface area contributed by atoms with E-state index >= 15 is 0 Å². The number of hydrogen-bond donors (Lipinski definition) is 2. The van der Waals surface area contributed by atoms with Gasteiger partial charge in [0.25, 0.3) is 0 Å². The van der Waals surface area contributed by atoms with E-state index in [4.69, 9.17) is 14.2 Å². The zero-order valence-electron chi connectivity index (χ0n) is 25.8. The highest BCUT2D eigenvalue weighted by Gasteiger charge is 2.44. The predicted molar refractivity (Wildman–Crippen MR) is 164 cm³/mol. The van der Waals surface area contributed by atoms with Crippen LogP contribution in [0.4, 0.5) is 22.8 Å². The van der Waals surface area contributed by atoms with E-state index in [2.05, 4.69) is 15.5 Å². The number of esters is 1. The van der Waals surface area contributed by atoms with Crippen molar-refractivity contribution in [2.24, 2.45) is 0 Å². The Morgan fingerprint density at radius 1 is 0.978 bits per heavy atom. The van der Waals surface area contributed by atoms with Gasteiger partial charge in [-0.15, -0.1) is 12.4 Å². The molecule has 2 aromatic rings. The number of nitrogens with zero attached hydrogens (tertiary/aromatic N) is 2. The summed E-state index contributed by atoms with van der Waals surface area (Å²) in [4.78, 5) is 43.1. The van der Waals surface area contributed by atoms with Crippen molar-refractivity contribution in [2.75, 3.05) is 41.0 Å². The lowest BCUT2D eigenvalue weighted by Gasteiger charge is -2.37. The Kier molecular flexibility index (Phi) is 11.6. The van der Waals surface area contributed by atoms with Crippen LogP contribution in [0.25, 0.3) is 0 Å². The molecular weight excluding hydrogens is 629 g/mol. The largest absolute Gasteiger partial charge is 0.496 e. The summed E-state index contributed by atoms with van der Waals surface area (Å²) >= 11 is 0. The van der Waals surface area contributed by atoms with Crippen LogP contribution in [0.2, 0.25) is 0 Å². The first-order chi connectivity index (χ1) is 21.6. The van der Waals surface area contributed by atoms with Crippen LogP contribution in [0, 0.1) is 17.5 Å². The third kappa shape index (κ3) is 7.26. The van der Waals surface area contributed by atoms with E-state index in [0.29, 0.717) is 24.8 Å². The molecular formula is C32H38ClF3N4O6. The summed E-state index contributed by atoms with van der Waals surface area (Å²) in [5, 5.41) is 5.44. The summed E-state index contributed by atoms with van der Waals surface area (Å²) in [7, 11) is 4.04. The number of rotatable bonds is 8. The molecule has 1 saturated carbocycles. The Labute approximate surface area is 271 Å². The normalized spacial score (nSPS) is 23.4. The fourth-order valence-electron chi connectivity index (χ4n) is 6.73. The number of carbonyl (C=O) groups is 3. The zero-order chi connectivity index (χ0) is 32.2. The number of hydrogen-bond acceptors (Lipinski definition) is 7. The summed E-state index contributed by atoms with van der Waals surface area (Å²) in [5.41, 5.74) is 0.931. The Bertz CT molecular complexity index is 1490. The van der Waals surface area contributed by atoms with Gasteiger partial charge < -0.3 is 24.8 Å². The van der Waals surface area contributed by atoms with Gasteiger partial charge in [-0.3, -0.25) is 4.90 Å². The first-order valence-corrected chi connectivity index (χ1v) is 14.9. The van der Waals surface area contributed by atoms with Gasteiger partial charge in [0.1, 0.15) is 17.6 Å². The van der Waals surface area contributed by atoms with Gasteiger partial charge in [0.2, 0.25) is 0 Å². The lowest BCUT2D eigenvalue weighted by atomic mass is 9.81. The summed E-state index contributed by atoms with van der Waals surface area (Å²) in [6, 6.07) is 4.55. The molecule has 10 nitrogen and oxygen atoms in total. The van der Waals surface area contributed by atoms with Crippen LogP contribution < -0.4 is 15.4 Å². The number of carbonyl (C=O) groups excluding carboxylic acids is 3. The molecule has 2 fully saturated rings. The van der Waals surface area contributed by atoms with Gasteiger partial charge in [-0.2, -0.15) is 0 Å². The summed E-state index contributed by atoms with van der Waals surface area (Å²) in [5.74, 6) is -2.69. The van der Waals surface area contributed by atoms with E-state index in [-0.39, 0.29) is 53.6 Å². The van der Waals surface area contributed by atoms with Crippen molar-refractivity contribution in [1.82, 2.24) is 20.4 Å². The van der Waals surface area contributed by atoms with Gasteiger partial charge >= 0.3 is 18.0 Å². The molecule has 46 heavy (non-hydrogen) atoms. The van der Waals surface area contributed by atoms with Crippen LogP contribution in [0.3, 0.4) is 0 Å². The van der Waals surface area contributed by atoms with Gasteiger partial charge in [0.15, 0.2) is 11.6 Å². The molecule has 2 atom stereocenters. The van der Waals surface area contributed by atoms with Crippen molar-refractivity contribution in [3.8, 4) is 5.75 Å². The molecule has 4 amide bonds. The minimum Gasteiger partial charge on any atom is -0.496 e. The second-order valence-corrected chi connectivity index (χ2v) is 11.5. The number of ether oxygens (including phenoxy) is 3. The van der Waals surface area contributed by atoms with E-state index in [1.54, 1.807) is 13.2 Å². The maximum absolute atomic E-state index is 14.4. The van der Waals surface area contributed by atoms with Crippen LogP contribution in [0.5, 0.6) is 5.75 Å². The second kappa shape index (κ2) is 15.2. The number of urea groups is 2. The number of benzene rings is 2. The lowest BCUT2D eigenvalue weighted by molar-refractivity contribution is -0.137. The van der Waals surface area contributed by atoms with Gasteiger partial charge in [0.05, 0.1) is 32.1 Å². The van der Waals surface area contributed by atoms with E-state index in [0.717, 1.165) is 61.9 Å². The standard InChI is InChI=1S/C32H37F3N4O6.ClH/c1-43-17-26-28(30(40)45-3)29(19-6-11-24(34)25(35)14-19)39(32(42)37-26)31(41)36-21-12-13-38(16-21)22-8-4-18(5-9-22)23-10-7-20(33)15-27(23)44-2;/h6-7,10-11,14-15,18,21-22,29H,4-5,8-9,12-13,16-17H2,1-3H3,(H,36,41)(H,37,42);1H/t18-,21-,22-,29+;/m1./s1. The van der Waals surface area contributed by atoms with E-state index in [1.165, 1.54) is 25.3 Å². The van der Waals surface area contributed by atoms with Crippen LogP contribution in [-0.4, -0.2) is 80.9 Å². The minimum absolute atomic E-state index is 0. The maximum atomic E-state index is 14.4. The van der Waals surface area contributed by atoms with Crippen molar-refractivity contribution in [3.63, 3.8) is 0 Å². The maximum Gasteiger partial charge on any atom is 0.338 e. The molecule has 14 heteroatoms.